The maximum Gasteiger partial charge on any atom is 0.260 e. The zero-order valence-electron chi connectivity index (χ0n) is 13.2. The fourth-order valence-electron chi connectivity index (χ4n) is 2.54. The van der Waals surface area contributed by atoms with Crippen LogP contribution >= 0.6 is 34.4 Å². The molecule has 25 heavy (non-hydrogen) atoms. The largest absolute Gasteiger partial charge is 0.309 e. The molecule has 3 nitrogen and oxygen atoms in total. The summed E-state index contributed by atoms with van der Waals surface area (Å²) in [5.41, 5.74) is 0.824. The van der Waals surface area contributed by atoms with Crippen molar-refractivity contribution in [3.05, 3.63) is 69.2 Å². The van der Waals surface area contributed by atoms with Gasteiger partial charge in [0.15, 0.2) is 0 Å². The predicted octanol–water partition coefficient (Wildman–Crippen LogP) is 5.71. The van der Waals surface area contributed by atoms with Gasteiger partial charge in [0.1, 0.15) is 16.5 Å². The molecule has 0 saturated carbocycles. The second-order valence-corrected chi connectivity index (χ2v) is 8.69. The van der Waals surface area contributed by atoms with Crippen molar-refractivity contribution in [2.45, 2.75) is 17.1 Å². The van der Waals surface area contributed by atoms with Gasteiger partial charge in [0, 0.05) is 20.7 Å². The lowest BCUT2D eigenvalue weighted by Gasteiger charge is -2.10. The van der Waals surface area contributed by atoms with Crippen LogP contribution in [0.4, 0.5) is 4.39 Å². The quantitative estimate of drug-likeness (QED) is 0.456. The fraction of sp³-hybridized carbons (Fsp3) is 0.111. The highest BCUT2D eigenvalue weighted by Gasteiger charge is 2.17. The number of fused-ring (bicyclic) bond motifs is 1. The Morgan fingerprint density at radius 1 is 1.20 bits per heavy atom. The molecule has 0 aliphatic carbocycles. The van der Waals surface area contributed by atoms with Gasteiger partial charge in [0.25, 0.3) is 5.56 Å². The standard InChI is InChI=1S/C18H13FN2OS3/c1-10(25-12-6-4-11(19)5-7-12)16-20-17(22)15-13(9-24-18(15)21-16)14-3-2-8-23-14/h2-10H,1H3,(H,20,21,22). The number of nitrogens with one attached hydrogen (secondary N) is 1. The number of nitrogens with zero attached hydrogens (tertiary/aromatic N) is 1. The van der Waals surface area contributed by atoms with E-state index in [0.717, 1.165) is 20.2 Å². The molecule has 0 fully saturated rings. The Balaban J connectivity index is 1.69. The maximum atomic E-state index is 13.0. The van der Waals surface area contributed by atoms with Gasteiger partial charge in [-0.3, -0.25) is 4.79 Å². The van der Waals surface area contributed by atoms with Crippen LogP contribution in [0.1, 0.15) is 18.0 Å². The van der Waals surface area contributed by atoms with Crippen LogP contribution in [0.2, 0.25) is 0 Å². The summed E-state index contributed by atoms with van der Waals surface area (Å²) in [6, 6.07) is 10.3. The third-order valence-corrected chi connectivity index (χ3v) is 6.66. The lowest BCUT2D eigenvalue weighted by molar-refractivity contribution is 0.626. The highest BCUT2D eigenvalue weighted by Crippen LogP contribution is 2.36. The van der Waals surface area contributed by atoms with Crippen molar-refractivity contribution in [3.63, 3.8) is 0 Å². The van der Waals surface area contributed by atoms with E-state index in [9.17, 15) is 9.18 Å². The van der Waals surface area contributed by atoms with E-state index in [1.54, 1.807) is 23.5 Å². The minimum atomic E-state index is -0.260. The first-order chi connectivity index (χ1) is 12.1. The van der Waals surface area contributed by atoms with E-state index in [-0.39, 0.29) is 16.6 Å². The van der Waals surface area contributed by atoms with Crippen molar-refractivity contribution in [1.29, 1.82) is 0 Å². The van der Waals surface area contributed by atoms with Gasteiger partial charge in [-0.15, -0.1) is 34.4 Å². The number of halogens is 1. The summed E-state index contributed by atoms with van der Waals surface area (Å²) in [7, 11) is 0. The SMILES string of the molecule is CC(Sc1ccc(F)cc1)c1nc2scc(-c3cccs3)c2c(=O)[nH]1. The van der Waals surface area contributed by atoms with Crippen LogP contribution < -0.4 is 5.56 Å². The van der Waals surface area contributed by atoms with Crippen LogP contribution in [0.5, 0.6) is 0 Å². The van der Waals surface area contributed by atoms with Gasteiger partial charge in [0.05, 0.1) is 10.6 Å². The molecule has 0 bridgehead atoms. The minimum Gasteiger partial charge on any atom is -0.309 e. The number of rotatable bonds is 4. The molecule has 0 amide bonds. The fourth-order valence-corrected chi connectivity index (χ4v) is 5.24. The summed E-state index contributed by atoms with van der Waals surface area (Å²) in [5, 5.41) is 4.58. The lowest BCUT2D eigenvalue weighted by atomic mass is 10.2. The smallest absolute Gasteiger partial charge is 0.260 e. The van der Waals surface area contributed by atoms with Crippen molar-refractivity contribution in [1.82, 2.24) is 9.97 Å². The Bertz CT molecular complexity index is 1070. The zero-order chi connectivity index (χ0) is 17.4. The van der Waals surface area contributed by atoms with Crippen LogP contribution in [0.15, 0.2) is 56.8 Å². The van der Waals surface area contributed by atoms with E-state index in [1.807, 2.05) is 29.8 Å². The number of hydrogen-bond donors (Lipinski definition) is 1. The Hall–Kier alpha value is -1.96. The summed E-state index contributed by atoms with van der Waals surface area (Å²) in [5.74, 6) is 0.371. The topological polar surface area (TPSA) is 45.8 Å². The van der Waals surface area contributed by atoms with Gasteiger partial charge >= 0.3 is 0 Å². The van der Waals surface area contributed by atoms with Gasteiger partial charge in [0.2, 0.25) is 0 Å². The normalized spacial score (nSPS) is 12.6. The number of aromatic amines is 1. The van der Waals surface area contributed by atoms with Gasteiger partial charge < -0.3 is 4.98 Å². The minimum absolute atomic E-state index is 0.0464. The van der Waals surface area contributed by atoms with E-state index in [4.69, 9.17) is 0 Å². The highest BCUT2D eigenvalue weighted by atomic mass is 32.2. The zero-order valence-corrected chi connectivity index (χ0v) is 15.6. The Morgan fingerprint density at radius 3 is 2.72 bits per heavy atom. The average Bonchev–Trinajstić information content (AvgIpc) is 3.25. The summed E-state index contributed by atoms with van der Waals surface area (Å²) >= 11 is 4.63. The molecule has 1 aromatic carbocycles. The molecule has 0 saturated heterocycles. The average molecular weight is 389 g/mol. The number of thiophene rings is 2. The van der Waals surface area contributed by atoms with Gasteiger partial charge in [-0.1, -0.05) is 6.07 Å². The number of benzene rings is 1. The number of hydrogen-bond acceptors (Lipinski definition) is 5. The molecule has 1 N–H and O–H groups in total. The first-order valence-corrected chi connectivity index (χ1v) is 10.2. The third kappa shape index (κ3) is 3.27. The Labute approximate surface area is 155 Å². The number of thioether (sulfide) groups is 1. The molecule has 1 atom stereocenters. The van der Waals surface area contributed by atoms with Crippen molar-refractivity contribution in [2.75, 3.05) is 0 Å². The van der Waals surface area contributed by atoms with E-state index in [0.29, 0.717) is 11.2 Å². The van der Waals surface area contributed by atoms with Gasteiger partial charge in [-0.05, 0) is 42.6 Å². The van der Waals surface area contributed by atoms with E-state index >= 15 is 0 Å². The van der Waals surface area contributed by atoms with E-state index in [2.05, 4.69) is 9.97 Å². The summed E-state index contributed by atoms with van der Waals surface area (Å²) in [6.07, 6.45) is 0. The molecular weight excluding hydrogens is 375 g/mol. The lowest BCUT2D eigenvalue weighted by Crippen LogP contribution is -2.12. The molecule has 126 valence electrons. The monoisotopic (exact) mass is 388 g/mol. The summed E-state index contributed by atoms with van der Waals surface area (Å²) in [4.78, 5) is 23.0. The number of aromatic nitrogens is 2. The highest BCUT2D eigenvalue weighted by molar-refractivity contribution is 7.99. The molecule has 3 heterocycles. The maximum absolute atomic E-state index is 13.0. The van der Waals surface area contributed by atoms with E-state index in [1.165, 1.54) is 35.2 Å². The molecule has 0 radical (unpaired) electrons. The van der Waals surface area contributed by atoms with Crippen LogP contribution in [0.3, 0.4) is 0 Å². The first kappa shape index (κ1) is 16.5. The Morgan fingerprint density at radius 2 is 2.00 bits per heavy atom. The second-order valence-electron chi connectivity index (χ2n) is 5.47. The van der Waals surface area contributed by atoms with E-state index < -0.39 is 0 Å². The van der Waals surface area contributed by atoms with Crippen LogP contribution in [0.25, 0.3) is 20.7 Å². The predicted molar refractivity (Wildman–Crippen MR) is 104 cm³/mol. The molecule has 1 unspecified atom stereocenters. The molecule has 0 aliphatic heterocycles. The van der Waals surface area contributed by atoms with Crippen LogP contribution in [-0.4, -0.2) is 9.97 Å². The van der Waals surface area contributed by atoms with Crippen molar-refractivity contribution in [3.8, 4) is 10.4 Å². The first-order valence-electron chi connectivity index (χ1n) is 7.59. The molecule has 4 rings (SSSR count). The summed E-state index contributed by atoms with van der Waals surface area (Å²) in [6.45, 7) is 1.98. The number of H-pyrrole nitrogens is 1. The third-order valence-electron chi connectivity index (χ3n) is 3.76. The van der Waals surface area contributed by atoms with Crippen molar-refractivity contribution >= 4 is 44.7 Å². The second kappa shape index (κ2) is 6.74. The summed E-state index contributed by atoms with van der Waals surface area (Å²) < 4.78 is 13.0. The van der Waals surface area contributed by atoms with Crippen molar-refractivity contribution < 1.29 is 4.39 Å². The van der Waals surface area contributed by atoms with Gasteiger partial charge in [-0.2, -0.15) is 0 Å². The van der Waals surface area contributed by atoms with Gasteiger partial charge in [-0.25, -0.2) is 9.37 Å². The molecular formula is C18H13FN2OS3. The molecule has 3 aromatic heterocycles. The molecule has 4 aromatic rings. The molecule has 0 aliphatic rings. The molecule has 0 spiro atoms. The Kier molecular flexibility index (Phi) is 4.45. The van der Waals surface area contributed by atoms with Crippen LogP contribution in [0, 0.1) is 5.82 Å². The van der Waals surface area contributed by atoms with Crippen molar-refractivity contribution in [2.24, 2.45) is 0 Å². The van der Waals surface area contributed by atoms with Crippen LogP contribution in [-0.2, 0) is 0 Å². The molecule has 7 heteroatoms.